The van der Waals surface area contributed by atoms with Crippen molar-refractivity contribution in [2.24, 2.45) is 0 Å². The second kappa shape index (κ2) is 5.94. The van der Waals surface area contributed by atoms with Crippen molar-refractivity contribution in [2.75, 3.05) is 19.7 Å². The van der Waals surface area contributed by atoms with E-state index in [2.05, 4.69) is 20.7 Å². The van der Waals surface area contributed by atoms with E-state index < -0.39 is 12.0 Å². The molecule has 90 valence electrons. The first kappa shape index (κ1) is 12.3. The van der Waals surface area contributed by atoms with Crippen LogP contribution in [0, 0.1) is 0 Å². The predicted molar refractivity (Wildman–Crippen MR) is 54.6 cm³/mol. The van der Waals surface area contributed by atoms with Crippen LogP contribution in [0.5, 0.6) is 0 Å². The van der Waals surface area contributed by atoms with Gasteiger partial charge < -0.3 is 20.7 Å². The SMILES string of the molecule is CCOC(=O)CNC(=O)NC1CNC(=O)C1. The molecule has 1 fully saturated rings. The molecule has 1 aliphatic rings. The fourth-order valence-electron chi connectivity index (χ4n) is 1.31. The lowest BCUT2D eigenvalue weighted by molar-refractivity contribution is -0.141. The molecular formula is C9H15N3O4. The van der Waals surface area contributed by atoms with Gasteiger partial charge >= 0.3 is 12.0 Å². The van der Waals surface area contributed by atoms with Crippen molar-refractivity contribution in [3.8, 4) is 0 Å². The summed E-state index contributed by atoms with van der Waals surface area (Å²) >= 11 is 0. The van der Waals surface area contributed by atoms with E-state index in [1.165, 1.54) is 0 Å². The van der Waals surface area contributed by atoms with E-state index in [1.807, 2.05) is 0 Å². The third kappa shape index (κ3) is 4.16. The molecule has 1 aliphatic heterocycles. The van der Waals surface area contributed by atoms with E-state index in [4.69, 9.17) is 0 Å². The zero-order chi connectivity index (χ0) is 12.0. The van der Waals surface area contributed by atoms with Crippen LogP contribution < -0.4 is 16.0 Å². The highest BCUT2D eigenvalue weighted by molar-refractivity contribution is 5.83. The molecule has 1 rings (SSSR count). The van der Waals surface area contributed by atoms with Crippen molar-refractivity contribution in [3.63, 3.8) is 0 Å². The van der Waals surface area contributed by atoms with E-state index in [0.717, 1.165) is 0 Å². The Kier molecular flexibility index (Phi) is 4.56. The Balaban J connectivity index is 2.16. The Morgan fingerprint density at radius 3 is 2.88 bits per heavy atom. The van der Waals surface area contributed by atoms with Gasteiger partial charge in [0.2, 0.25) is 5.91 Å². The van der Waals surface area contributed by atoms with E-state index in [0.29, 0.717) is 6.54 Å². The molecule has 7 nitrogen and oxygen atoms in total. The minimum atomic E-state index is -0.488. The summed E-state index contributed by atoms with van der Waals surface area (Å²) in [7, 11) is 0. The Bertz CT molecular complexity index is 292. The second-order valence-corrected chi connectivity index (χ2v) is 3.34. The number of ether oxygens (including phenoxy) is 1. The topological polar surface area (TPSA) is 96.5 Å². The van der Waals surface area contributed by atoms with Crippen LogP contribution >= 0.6 is 0 Å². The summed E-state index contributed by atoms with van der Waals surface area (Å²) in [5.74, 6) is -0.575. The van der Waals surface area contributed by atoms with Gasteiger partial charge in [-0.05, 0) is 6.92 Å². The van der Waals surface area contributed by atoms with Crippen molar-refractivity contribution in [3.05, 3.63) is 0 Å². The molecule has 0 bridgehead atoms. The molecule has 0 spiro atoms. The summed E-state index contributed by atoms with van der Waals surface area (Å²) in [6, 6.07) is -0.691. The van der Waals surface area contributed by atoms with Crippen LogP contribution in [0.2, 0.25) is 0 Å². The molecule has 1 unspecified atom stereocenters. The van der Waals surface area contributed by atoms with Gasteiger partial charge in [-0.15, -0.1) is 0 Å². The van der Waals surface area contributed by atoms with Crippen molar-refractivity contribution >= 4 is 17.9 Å². The first-order valence-corrected chi connectivity index (χ1v) is 5.08. The Morgan fingerprint density at radius 1 is 1.56 bits per heavy atom. The smallest absolute Gasteiger partial charge is 0.325 e. The summed E-state index contributed by atoms with van der Waals surface area (Å²) in [6.07, 6.45) is 0.271. The highest BCUT2D eigenvalue weighted by Crippen LogP contribution is 1.98. The summed E-state index contributed by atoms with van der Waals surface area (Å²) in [5, 5.41) is 7.50. The number of hydrogen-bond acceptors (Lipinski definition) is 4. The third-order valence-corrected chi connectivity index (χ3v) is 2.01. The van der Waals surface area contributed by atoms with Gasteiger partial charge in [0.15, 0.2) is 0 Å². The molecule has 16 heavy (non-hydrogen) atoms. The summed E-state index contributed by atoms with van der Waals surface area (Å²) in [5.41, 5.74) is 0. The molecule has 0 aromatic carbocycles. The van der Waals surface area contributed by atoms with Crippen molar-refractivity contribution < 1.29 is 19.1 Å². The lowest BCUT2D eigenvalue weighted by atomic mass is 10.3. The van der Waals surface area contributed by atoms with Crippen LogP contribution in [-0.4, -0.2) is 43.6 Å². The maximum atomic E-state index is 11.2. The number of amides is 3. The number of hydrogen-bond donors (Lipinski definition) is 3. The minimum absolute atomic E-state index is 0.0873. The van der Waals surface area contributed by atoms with E-state index in [-0.39, 0.29) is 31.5 Å². The number of nitrogens with one attached hydrogen (secondary N) is 3. The zero-order valence-electron chi connectivity index (χ0n) is 9.04. The monoisotopic (exact) mass is 229 g/mol. The van der Waals surface area contributed by atoms with Gasteiger partial charge in [-0.3, -0.25) is 9.59 Å². The van der Waals surface area contributed by atoms with Crippen molar-refractivity contribution in [1.29, 1.82) is 0 Å². The molecule has 0 saturated carbocycles. The molecule has 0 aliphatic carbocycles. The summed E-state index contributed by atoms with van der Waals surface area (Å²) < 4.78 is 4.63. The number of urea groups is 1. The largest absolute Gasteiger partial charge is 0.465 e. The lowest BCUT2D eigenvalue weighted by Gasteiger charge is -2.11. The number of esters is 1. The third-order valence-electron chi connectivity index (χ3n) is 2.01. The lowest BCUT2D eigenvalue weighted by Crippen LogP contribution is -2.44. The van der Waals surface area contributed by atoms with Crippen LogP contribution in [0.15, 0.2) is 0 Å². The van der Waals surface area contributed by atoms with Crippen LogP contribution in [0.25, 0.3) is 0 Å². The fourth-order valence-corrected chi connectivity index (χ4v) is 1.31. The molecular weight excluding hydrogens is 214 g/mol. The zero-order valence-corrected chi connectivity index (χ0v) is 9.04. The second-order valence-electron chi connectivity index (χ2n) is 3.34. The molecule has 3 amide bonds. The highest BCUT2D eigenvalue weighted by Gasteiger charge is 2.22. The van der Waals surface area contributed by atoms with Gasteiger partial charge in [-0.2, -0.15) is 0 Å². The number of carbonyl (C=O) groups is 3. The quantitative estimate of drug-likeness (QED) is 0.524. The van der Waals surface area contributed by atoms with Gasteiger partial charge in [-0.25, -0.2) is 4.79 Å². The normalized spacial score (nSPS) is 18.8. The van der Waals surface area contributed by atoms with Crippen LogP contribution in [0.4, 0.5) is 4.79 Å². The van der Waals surface area contributed by atoms with Gasteiger partial charge in [-0.1, -0.05) is 0 Å². The van der Waals surface area contributed by atoms with Gasteiger partial charge in [0.25, 0.3) is 0 Å². The molecule has 1 atom stereocenters. The van der Waals surface area contributed by atoms with Crippen LogP contribution in [0.3, 0.4) is 0 Å². The molecule has 1 heterocycles. The van der Waals surface area contributed by atoms with E-state index >= 15 is 0 Å². The molecule has 0 aromatic rings. The van der Waals surface area contributed by atoms with E-state index in [1.54, 1.807) is 6.92 Å². The predicted octanol–water partition coefficient (Wildman–Crippen LogP) is -1.26. The Labute approximate surface area is 92.9 Å². The standard InChI is InChI=1S/C9H15N3O4/c1-2-16-8(14)5-11-9(15)12-6-3-7(13)10-4-6/h6H,2-5H2,1H3,(H,10,13)(H2,11,12,15). The average molecular weight is 229 g/mol. The first-order valence-electron chi connectivity index (χ1n) is 5.08. The Morgan fingerprint density at radius 2 is 2.31 bits per heavy atom. The summed E-state index contributed by atoms with van der Waals surface area (Å²) in [6.45, 7) is 2.22. The molecule has 0 radical (unpaired) electrons. The molecule has 0 aromatic heterocycles. The van der Waals surface area contributed by atoms with Gasteiger partial charge in [0, 0.05) is 13.0 Å². The highest BCUT2D eigenvalue weighted by atomic mass is 16.5. The molecule has 1 saturated heterocycles. The number of rotatable bonds is 4. The first-order chi connectivity index (χ1) is 7.61. The van der Waals surface area contributed by atoms with E-state index in [9.17, 15) is 14.4 Å². The van der Waals surface area contributed by atoms with Crippen LogP contribution in [0.1, 0.15) is 13.3 Å². The maximum absolute atomic E-state index is 11.2. The molecule has 3 N–H and O–H groups in total. The fraction of sp³-hybridized carbons (Fsp3) is 0.667. The molecule has 7 heteroatoms. The minimum Gasteiger partial charge on any atom is -0.465 e. The Hall–Kier alpha value is -1.79. The van der Waals surface area contributed by atoms with Crippen LogP contribution in [-0.2, 0) is 14.3 Å². The van der Waals surface area contributed by atoms with Gasteiger partial charge in [0.1, 0.15) is 6.54 Å². The summed E-state index contributed by atoms with van der Waals surface area (Å²) in [4.78, 5) is 33.0. The average Bonchev–Trinajstić information content (AvgIpc) is 2.61. The van der Waals surface area contributed by atoms with Gasteiger partial charge in [0.05, 0.1) is 12.6 Å². The number of carbonyl (C=O) groups excluding carboxylic acids is 3. The van der Waals surface area contributed by atoms with Crippen molar-refractivity contribution in [1.82, 2.24) is 16.0 Å². The van der Waals surface area contributed by atoms with Crippen molar-refractivity contribution in [2.45, 2.75) is 19.4 Å². The maximum Gasteiger partial charge on any atom is 0.325 e.